The van der Waals surface area contributed by atoms with Gasteiger partial charge in [-0.1, -0.05) is 144 Å². The summed E-state index contributed by atoms with van der Waals surface area (Å²) in [5.41, 5.74) is 0.824. The van der Waals surface area contributed by atoms with Crippen LogP contribution in [0.15, 0.2) is 11.3 Å². The lowest BCUT2D eigenvalue weighted by atomic mass is 10.0. The molecule has 1 saturated heterocycles. The molecule has 0 radical (unpaired) electrons. The van der Waals surface area contributed by atoms with E-state index >= 15 is 0 Å². The highest BCUT2D eigenvalue weighted by molar-refractivity contribution is 6.83. The summed E-state index contributed by atoms with van der Waals surface area (Å²) in [5.74, 6) is 0. The van der Waals surface area contributed by atoms with Crippen molar-refractivity contribution in [3.63, 3.8) is 0 Å². The van der Waals surface area contributed by atoms with Crippen molar-refractivity contribution in [1.29, 1.82) is 0 Å². The van der Waals surface area contributed by atoms with E-state index in [0.29, 0.717) is 23.2 Å². The molecule has 0 aromatic heterocycles. The van der Waals surface area contributed by atoms with E-state index < -0.39 is 22.0 Å². The standard InChI is InChI=1S/C36H73NO4Si2/c1-14-15-16-17-18-19-20-21-22-23-24-25-26-33(42(11,12)13)34(41-43(29(2)3,30(4)5)31(6)7)32-27-39-28-37(32)35(38)40-36(8,9)10/h26,29-32,34H,14-25,27-28H2,1-13H3/b33-26+/t32-,34-/m0/s1. The first-order chi connectivity index (χ1) is 20.0. The van der Waals surface area contributed by atoms with Crippen LogP contribution in [-0.2, 0) is 13.9 Å². The Hall–Kier alpha value is -0.636. The molecule has 0 aromatic rings. The molecule has 1 aliphatic heterocycles. The van der Waals surface area contributed by atoms with E-state index in [-0.39, 0.29) is 25.0 Å². The smallest absolute Gasteiger partial charge is 0.412 e. The summed E-state index contributed by atoms with van der Waals surface area (Å²) in [6, 6.07) is -0.173. The van der Waals surface area contributed by atoms with E-state index in [9.17, 15) is 4.79 Å². The lowest BCUT2D eigenvalue weighted by molar-refractivity contribution is 0.00810. The molecule has 0 bridgehead atoms. The first-order valence-electron chi connectivity index (χ1n) is 17.9. The maximum absolute atomic E-state index is 13.5. The zero-order valence-corrected chi connectivity index (χ0v) is 32.9. The number of rotatable bonds is 20. The van der Waals surface area contributed by atoms with Crippen molar-refractivity contribution in [2.75, 3.05) is 13.3 Å². The number of hydrogen-bond donors (Lipinski definition) is 0. The van der Waals surface area contributed by atoms with E-state index in [1.807, 2.05) is 25.7 Å². The van der Waals surface area contributed by atoms with Crippen LogP contribution >= 0.6 is 0 Å². The Balaban J connectivity index is 3.19. The maximum Gasteiger partial charge on any atom is 0.412 e. The van der Waals surface area contributed by atoms with Crippen molar-refractivity contribution in [2.24, 2.45) is 0 Å². The molecule has 2 atom stereocenters. The summed E-state index contributed by atoms with van der Waals surface area (Å²) < 4.78 is 19.5. The molecule has 0 saturated carbocycles. The highest BCUT2D eigenvalue weighted by Gasteiger charge is 2.51. The van der Waals surface area contributed by atoms with E-state index in [1.165, 1.54) is 75.8 Å². The average Bonchev–Trinajstić information content (AvgIpc) is 3.36. The highest BCUT2D eigenvalue weighted by Crippen LogP contribution is 2.45. The molecule has 0 spiro atoms. The summed E-state index contributed by atoms with van der Waals surface area (Å²) in [6.07, 6.45) is 18.1. The second-order valence-electron chi connectivity index (χ2n) is 16.1. The fourth-order valence-electron chi connectivity index (χ4n) is 7.11. The number of amides is 1. The third kappa shape index (κ3) is 13.3. The number of ether oxygens (including phenoxy) is 2. The first-order valence-corrected chi connectivity index (χ1v) is 23.6. The molecule has 0 aromatic carbocycles. The van der Waals surface area contributed by atoms with Crippen LogP contribution in [0.4, 0.5) is 4.79 Å². The minimum Gasteiger partial charge on any atom is -0.444 e. The van der Waals surface area contributed by atoms with Crippen LogP contribution in [0.1, 0.15) is 146 Å². The van der Waals surface area contributed by atoms with Crippen molar-refractivity contribution >= 4 is 22.5 Å². The van der Waals surface area contributed by atoms with Gasteiger partial charge in [-0.3, -0.25) is 4.90 Å². The van der Waals surface area contributed by atoms with Gasteiger partial charge < -0.3 is 13.9 Å². The Bertz CT molecular complexity index is 791. The fourth-order valence-corrected chi connectivity index (χ4v) is 14.6. The molecule has 0 N–H and O–H groups in total. The first kappa shape index (κ1) is 40.4. The van der Waals surface area contributed by atoms with Crippen LogP contribution < -0.4 is 0 Å². The number of unbranched alkanes of at least 4 members (excludes halogenated alkanes) is 11. The Kier molecular flexibility index (Phi) is 18.0. The lowest BCUT2D eigenvalue weighted by Crippen LogP contribution is -2.58. The monoisotopic (exact) mass is 640 g/mol. The van der Waals surface area contributed by atoms with Gasteiger partial charge in [-0.25, -0.2) is 4.79 Å². The highest BCUT2D eigenvalue weighted by atomic mass is 28.4. The Morgan fingerprint density at radius 2 is 1.30 bits per heavy atom. The Morgan fingerprint density at radius 1 is 0.837 bits per heavy atom. The quantitative estimate of drug-likeness (QED) is 0.0982. The van der Waals surface area contributed by atoms with Gasteiger partial charge in [0.05, 0.1) is 26.8 Å². The number of nitrogens with zero attached hydrogens (tertiary/aromatic N) is 1. The van der Waals surface area contributed by atoms with E-state index in [1.54, 1.807) is 0 Å². The Labute approximate surface area is 270 Å². The van der Waals surface area contributed by atoms with Crippen LogP contribution in [0.25, 0.3) is 0 Å². The summed E-state index contributed by atoms with van der Waals surface area (Å²) in [4.78, 5) is 15.3. The third-order valence-electron chi connectivity index (χ3n) is 9.28. The van der Waals surface area contributed by atoms with Gasteiger partial charge in [-0.05, 0) is 50.2 Å². The van der Waals surface area contributed by atoms with E-state index in [2.05, 4.69) is 74.2 Å². The van der Waals surface area contributed by atoms with Gasteiger partial charge >= 0.3 is 6.09 Å². The van der Waals surface area contributed by atoms with Gasteiger partial charge in [-0.15, -0.1) is 0 Å². The predicted molar refractivity (Wildman–Crippen MR) is 191 cm³/mol. The molecular weight excluding hydrogens is 567 g/mol. The molecule has 1 heterocycles. The van der Waals surface area contributed by atoms with Crippen LogP contribution in [0.5, 0.6) is 0 Å². The second kappa shape index (κ2) is 19.1. The van der Waals surface area contributed by atoms with E-state index in [4.69, 9.17) is 13.9 Å². The minimum absolute atomic E-state index is 0.159. The molecule has 1 aliphatic rings. The molecular formula is C36H73NO4Si2. The van der Waals surface area contributed by atoms with Gasteiger partial charge in [0.25, 0.3) is 0 Å². The molecule has 254 valence electrons. The fraction of sp³-hybridized carbons (Fsp3) is 0.917. The number of carbonyl (C=O) groups excluding carboxylic acids is 1. The molecule has 43 heavy (non-hydrogen) atoms. The van der Waals surface area contributed by atoms with Crippen molar-refractivity contribution in [2.45, 2.75) is 200 Å². The molecule has 0 unspecified atom stereocenters. The molecule has 0 aliphatic carbocycles. The van der Waals surface area contributed by atoms with Crippen LogP contribution in [0, 0.1) is 0 Å². The van der Waals surface area contributed by atoms with Gasteiger partial charge in [0.15, 0.2) is 0 Å². The van der Waals surface area contributed by atoms with Crippen molar-refractivity contribution in [3.05, 3.63) is 11.3 Å². The zero-order chi connectivity index (χ0) is 32.8. The van der Waals surface area contributed by atoms with Crippen molar-refractivity contribution < 1.29 is 18.7 Å². The number of carbonyl (C=O) groups is 1. The molecule has 7 heteroatoms. The largest absolute Gasteiger partial charge is 0.444 e. The predicted octanol–water partition coefficient (Wildman–Crippen LogP) is 11.6. The van der Waals surface area contributed by atoms with Crippen molar-refractivity contribution in [3.8, 4) is 0 Å². The van der Waals surface area contributed by atoms with Crippen LogP contribution in [0.2, 0.25) is 36.3 Å². The summed E-state index contributed by atoms with van der Waals surface area (Å²) in [7, 11) is -4.06. The maximum atomic E-state index is 13.5. The average molecular weight is 640 g/mol. The summed E-state index contributed by atoms with van der Waals surface area (Å²) in [5, 5.41) is 1.45. The minimum atomic E-state index is -2.25. The third-order valence-corrected chi connectivity index (χ3v) is 17.6. The van der Waals surface area contributed by atoms with Gasteiger partial charge in [0.2, 0.25) is 8.32 Å². The summed E-state index contributed by atoms with van der Waals surface area (Å²) >= 11 is 0. The zero-order valence-electron chi connectivity index (χ0n) is 30.9. The van der Waals surface area contributed by atoms with Gasteiger partial charge in [0, 0.05) is 0 Å². The molecule has 5 nitrogen and oxygen atoms in total. The number of allylic oxidation sites excluding steroid dienone is 1. The lowest BCUT2D eigenvalue weighted by Gasteiger charge is -2.48. The second-order valence-corrected chi connectivity index (χ2v) is 26.6. The Morgan fingerprint density at radius 3 is 1.72 bits per heavy atom. The normalized spacial score (nSPS) is 17.9. The van der Waals surface area contributed by atoms with Crippen LogP contribution in [-0.4, -0.2) is 58.5 Å². The van der Waals surface area contributed by atoms with Crippen molar-refractivity contribution in [1.82, 2.24) is 4.90 Å². The summed E-state index contributed by atoms with van der Waals surface area (Å²) in [6.45, 7) is 30.2. The molecule has 1 amide bonds. The number of hydrogen-bond acceptors (Lipinski definition) is 4. The van der Waals surface area contributed by atoms with E-state index in [0.717, 1.165) is 6.42 Å². The van der Waals surface area contributed by atoms with Gasteiger partial charge in [0.1, 0.15) is 12.3 Å². The van der Waals surface area contributed by atoms with Gasteiger partial charge in [-0.2, -0.15) is 0 Å². The molecule has 1 fully saturated rings. The SMILES string of the molecule is CCCCCCCCCCCCC/C=C(\[C@@H](O[Si](C(C)C)(C(C)C)C(C)C)[C@@H]1COCN1C(=O)OC(C)(C)C)[Si](C)(C)C. The topological polar surface area (TPSA) is 48.0 Å². The molecule has 1 rings (SSSR count). The van der Waals surface area contributed by atoms with Crippen LogP contribution in [0.3, 0.4) is 0 Å².